The molecule has 0 radical (unpaired) electrons. The first-order chi connectivity index (χ1) is 10.2. The second kappa shape index (κ2) is 6.99. The number of nitrogens with one attached hydrogen (secondary N) is 1. The van der Waals surface area contributed by atoms with Gasteiger partial charge in [0.25, 0.3) is 0 Å². The average molecular weight is 308 g/mol. The van der Waals surface area contributed by atoms with Gasteiger partial charge in [0.15, 0.2) is 0 Å². The molecule has 116 valence electrons. The Morgan fingerprint density at radius 2 is 2.05 bits per heavy atom. The number of anilines is 1. The third-order valence-electron chi connectivity index (χ3n) is 4.56. The van der Waals surface area contributed by atoms with Crippen LogP contribution in [0.25, 0.3) is 0 Å². The smallest absolute Gasteiger partial charge is 0.0410 e. The number of benzene rings is 1. The molecule has 1 aliphatic carbocycles. The summed E-state index contributed by atoms with van der Waals surface area (Å²) in [6, 6.07) is 7.00. The molecule has 0 amide bonds. The van der Waals surface area contributed by atoms with Gasteiger partial charge in [-0.15, -0.1) is 0 Å². The number of nitrogens with zero attached hydrogens (tertiary/aromatic N) is 2. The maximum absolute atomic E-state index is 6.18. The van der Waals surface area contributed by atoms with E-state index in [9.17, 15) is 0 Å². The number of rotatable bonds is 7. The van der Waals surface area contributed by atoms with Crippen molar-refractivity contribution >= 4 is 17.3 Å². The molecule has 0 atom stereocenters. The van der Waals surface area contributed by atoms with Crippen molar-refractivity contribution in [3.05, 3.63) is 28.8 Å². The van der Waals surface area contributed by atoms with E-state index in [0.29, 0.717) is 0 Å². The van der Waals surface area contributed by atoms with Crippen LogP contribution >= 0.6 is 11.6 Å². The molecule has 3 rings (SSSR count). The van der Waals surface area contributed by atoms with E-state index in [1.54, 1.807) is 0 Å². The largest absolute Gasteiger partial charge is 0.373 e. The summed E-state index contributed by atoms with van der Waals surface area (Å²) < 4.78 is 0. The van der Waals surface area contributed by atoms with E-state index in [0.717, 1.165) is 30.7 Å². The summed E-state index contributed by atoms with van der Waals surface area (Å²) in [5.41, 5.74) is 2.63. The SMILES string of the molecule is CN(CCN1CCCC1)c1ccc(Cl)cc1CNC1CC1. The van der Waals surface area contributed by atoms with Gasteiger partial charge in [0, 0.05) is 43.4 Å². The molecule has 1 saturated heterocycles. The van der Waals surface area contributed by atoms with Crippen molar-refractivity contribution < 1.29 is 0 Å². The van der Waals surface area contributed by atoms with Crippen LogP contribution in [0.2, 0.25) is 5.02 Å². The summed E-state index contributed by atoms with van der Waals surface area (Å²) in [4.78, 5) is 4.94. The van der Waals surface area contributed by atoms with E-state index in [4.69, 9.17) is 11.6 Å². The van der Waals surface area contributed by atoms with Gasteiger partial charge < -0.3 is 15.1 Å². The number of halogens is 1. The lowest BCUT2D eigenvalue weighted by Gasteiger charge is -2.25. The summed E-state index contributed by atoms with van der Waals surface area (Å²) in [7, 11) is 2.19. The molecule has 4 heteroatoms. The summed E-state index contributed by atoms with van der Waals surface area (Å²) in [6.45, 7) is 5.70. The number of likely N-dealkylation sites (N-methyl/N-ethyl adjacent to an activating group) is 1. The zero-order chi connectivity index (χ0) is 14.7. The molecule has 1 N–H and O–H groups in total. The predicted molar refractivity (Wildman–Crippen MR) is 90.3 cm³/mol. The van der Waals surface area contributed by atoms with Crippen LogP contribution in [0.15, 0.2) is 18.2 Å². The highest BCUT2D eigenvalue weighted by Gasteiger charge is 2.21. The number of hydrogen-bond donors (Lipinski definition) is 1. The molecule has 3 nitrogen and oxygen atoms in total. The molecule has 1 aromatic rings. The average Bonchev–Trinajstić information content (AvgIpc) is 3.16. The molecule has 0 unspecified atom stereocenters. The van der Waals surface area contributed by atoms with Crippen LogP contribution in [0, 0.1) is 0 Å². The quantitative estimate of drug-likeness (QED) is 0.835. The molecule has 2 fully saturated rings. The van der Waals surface area contributed by atoms with Gasteiger partial charge in [0.1, 0.15) is 0 Å². The molecule has 21 heavy (non-hydrogen) atoms. The molecular weight excluding hydrogens is 282 g/mol. The minimum Gasteiger partial charge on any atom is -0.373 e. The molecule has 0 bridgehead atoms. The molecule has 1 aromatic carbocycles. The second-order valence-electron chi connectivity index (χ2n) is 6.40. The van der Waals surface area contributed by atoms with E-state index in [-0.39, 0.29) is 0 Å². The van der Waals surface area contributed by atoms with E-state index in [1.165, 1.54) is 50.0 Å². The van der Waals surface area contributed by atoms with E-state index in [1.807, 2.05) is 6.07 Å². The normalized spacial score (nSPS) is 19.1. The standard InChI is InChI=1S/C17H26ClN3/c1-20(10-11-21-8-2-3-9-21)17-7-4-15(18)12-14(17)13-19-16-5-6-16/h4,7,12,16,19H,2-3,5-6,8-11,13H2,1H3. The Hall–Kier alpha value is -0.770. The van der Waals surface area contributed by atoms with Crippen LogP contribution in [0.1, 0.15) is 31.2 Å². The summed E-state index contributed by atoms with van der Waals surface area (Å²) >= 11 is 6.18. The second-order valence-corrected chi connectivity index (χ2v) is 6.83. The van der Waals surface area contributed by atoms with Gasteiger partial charge in [-0.3, -0.25) is 0 Å². The minimum atomic E-state index is 0.728. The van der Waals surface area contributed by atoms with Gasteiger partial charge in [0.2, 0.25) is 0 Å². The first-order valence-electron chi connectivity index (χ1n) is 8.18. The van der Waals surface area contributed by atoms with Crippen molar-refractivity contribution in [3.63, 3.8) is 0 Å². The van der Waals surface area contributed by atoms with Crippen LogP contribution in [-0.2, 0) is 6.54 Å². The van der Waals surface area contributed by atoms with E-state index < -0.39 is 0 Å². The van der Waals surface area contributed by atoms with Crippen molar-refractivity contribution in [2.45, 2.75) is 38.3 Å². The van der Waals surface area contributed by atoms with Crippen LogP contribution in [-0.4, -0.2) is 44.2 Å². The van der Waals surface area contributed by atoms with Gasteiger partial charge in [-0.25, -0.2) is 0 Å². The molecule has 0 spiro atoms. The predicted octanol–water partition coefficient (Wildman–Crippen LogP) is 3.12. The van der Waals surface area contributed by atoms with Crippen molar-refractivity contribution in [3.8, 4) is 0 Å². The van der Waals surface area contributed by atoms with Gasteiger partial charge in [0.05, 0.1) is 0 Å². The Morgan fingerprint density at radius 1 is 1.29 bits per heavy atom. The minimum absolute atomic E-state index is 0.728. The van der Waals surface area contributed by atoms with Gasteiger partial charge in [-0.05, 0) is 62.5 Å². The van der Waals surface area contributed by atoms with Gasteiger partial charge in [-0.1, -0.05) is 11.6 Å². The molecule has 1 saturated carbocycles. The molecule has 1 aliphatic heterocycles. The maximum atomic E-state index is 6.18. The van der Waals surface area contributed by atoms with Crippen molar-refractivity contribution in [1.82, 2.24) is 10.2 Å². The fraction of sp³-hybridized carbons (Fsp3) is 0.647. The van der Waals surface area contributed by atoms with Crippen molar-refractivity contribution in [1.29, 1.82) is 0 Å². The Balaban J connectivity index is 1.60. The number of likely N-dealkylation sites (tertiary alicyclic amines) is 1. The molecule has 0 aromatic heterocycles. The first kappa shape index (κ1) is 15.1. The molecule has 1 heterocycles. The molecule has 2 aliphatic rings. The Labute approximate surface area is 133 Å². The Bertz CT molecular complexity index is 467. The van der Waals surface area contributed by atoms with Crippen LogP contribution < -0.4 is 10.2 Å². The van der Waals surface area contributed by atoms with Crippen molar-refractivity contribution in [2.75, 3.05) is 38.1 Å². The topological polar surface area (TPSA) is 18.5 Å². The van der Waals surface area contributed by atoms with Crippen LogP contribution in [0.4, 0.5) is 5.69 Å². The number of hydrogen-bond acceptors (Lipinski definition) is 3. The van der Waals surface area contributed by atoms with E-state index >= 15 is 0 Å². The third-order valence-corrected chi connectivity index (χ3v) is 4.80. The summed E-state index contributed by atoms with van der Waals surface area (Å²) in [5, 5.41) is 4.43. The Morgan fingerprint density at radius 3 is 2.76 bits per heavy atom. The zero-order valence-corrected chi connectivity index (χ0v) is 13.7. The fourth-order valence-electron chi connectivity index (χ4n) is 3.03. The van der Waals surface area contributed by atoms with Crippen molar-refractivity contribution in [2.24, 2.45) is 0 Å². The molecular formula is C17H26ClN3. The highest BCUT2D eigenvalue weighted by atomic mass is 35.5. The first-order valence-corrected chi connectivity index (χ1v) is 8.55. The fourth-order valence-corrected chi connectivity index (χ4v) is 3.22. The van der Waals surface area contributed by atoms with Crippen LogP contribution in [0.5, 0.6) is 0 Å². The van der Waals surface area contributed by atoms with Gasteiger partial charge >= 0.3 is 0 Å². The lowest BCUT2D eigenvalue weighted by atomic mass is 10.1. The highest BCUT2D eigenvalue weighted by molar-refractivity contribution is 6.30. The zero-order valence-electron chi connectivity index (χ0n) is 12.9. The Kier molecular flexibility index (Phi) is 5.04. The summed E-state index contributed by atoms with van der Waals surface area (Å²) in [6.07, 6.45) is 5.36. The lowest BCUT2D eigenvalue weighted by Crippen LogP contribution is -2.32. The van der Waals surface area contributed by atoms with E-state index in [2.05, 4.69) is 34.3 Å². The maximum Gasteiger partial charge on any atom is 0.0410 e. The monoisotopic (exact) mass is 307 g/mol. The third kappa shape index (κ3) is 4.35. The summed E-state index contributed by atoms with van der Waals surface area (Å²) in [5.74, 6) is 0. The lowest BCUT2D eigenvalue weighted by molar-refractivity contribution is 0.346. The van der Waals surface area contributed by atoms with Gasteiger partial charge in [-0.2, -0.15) is 0 Å². The van der Waals surface area contributed by atoms with Crippen LogP contribution in [0.3, 0.4) is 0 Å². The highest BCUT2D eigenvalue weighted by Crippen LogP contribution is 2.26.